The maximum absolute atomic E-state index is 11.9. The van der Waals surface area contributed by atoms with Gasteiger partial charge in [-0.25, -0.2) is 4.79 Å². The summed E-state index contributed by atoms with van der Waals surface area (Å²) < 4.78 is 5.18. The van der Waals surface area contributed by atoms with Crippen LogP contribution in [0.4, 0.5) is 5.69 Å². The lowest BCUT2D eigenvalue weighted by molar-refractivity contribution is -0.156. The molecule has 104 valence electrons. The van der Waals surface area contributed by atoms with Gasteiger partial charge in [-0.15, -0.1) is 0 Å². The first kappa shape index (κ1) is 15.0. The molecule has 1 aromatic carbocycles. The topological polar surface area (TPSA) is 81.4 Å². The smallest absolute Gasteiger partial charge is 0.328 e. The van der Waals surface area contributed by atoms with Gasteiger partial charge in [0.25, 0.3) is 5.91 Å². The van der Waals surface area contributed by atoms with Crippen LogP contribution >= 0.6 is 0 Å². The fourth-order valence-corrected chi connectivity index (χ4v) is 1.43. The standard InChI is InChI=1S/C14H20N2O3/c1-9(13(18)19-14(2,3)4)16-12(17)10-7-5-6-8-11(10)15/h5-9H,15H2,1-4H3,(H,16,17)/t9-/m0/s1. The van der Waals surface area contributed by atoms with Crippen LogP contribution in [0.25, 0.3) is 0 Å². The minimum Gasteiger partial charge on any atom is -0.458 e. The van der Waals surface area contributed by atoms with E-state index >= 15 is 0 Å². The van der Waals surface area contributed by atoms with E-state index < -0.39 is 23.5 Å². The molecule has 0 aromatic heterocycles. The van der Waals surface area contributed by atoms with Crippen molar-refractivity contribution in [1.82, 2.24) is 5.32 Å². The van der Waals surface area contributed by atoms with Gasteiger partial charge in [-0.1, -0.05) is 12.1 Å². The van der Waals surface area contributed by atoms with Crippen molar-refractivity contribution < 1.29 is 14.3 Å². The number of nitrogens with one attached hydrogen (secondary N) is 1. The average Bonchev–Trinajstić information content (AvgIpc) is 2.27. The molecule has 0 unspecified atom stereocenters. The van der Waals surface area contributed by atoms with Gasteiger partial charge in [0, 0.05) is 5.69 Å². The van der Waals surface area contributed by atoms with E-state index in [1.807, 2.05) is 0 Å². The van der Waals surface area contributed by atoms with Crippen LogP contribution in [0, 0.1) is 0 Å². The molecule has 0 aliphatic rings. The Morgan fingerprint density at radius 3 is 2.37 bits per heavy atom. The predicted octanol–water partition coefficient (Wildman–Crippen LogP) is 1.73. The molecule has 0 bridgehead atoms. The van der Waals surface area contributed by atoms with Gasteiger partial charge in [0.2, 0.25) is 0 Å². The number of nitrogen functional groups attached to an aromatic ring is 1. The third kappa shape index (κ3) is 4.62. The molecule has 0 saturated carbocycles. The molecule has 0 aliphatic heterocycles. The SMILES string of the molecule is C[C@H](NC(=O)c1ccccc1N)C(=O)OC(C)(C)C. The molecule has 0 heterocycles. The van der Waals surface area contributed by atoms with E-state index in [2.05, 4.69) is 5.32 Å². The second-order valence-corrected chi connectivity index (χ2v) is 5.32. The highest BCUT2D eigenvalue weighted by atomic mass is 16.6. The monoisotopic (exact) mass is 264 g/mol. The summed E-state index contributed by atoms with van der Waals surface area (Å²) in [5.41, 5.74) is 5.83. The Morgan fingerprint density at radius 1 is 1.26 bits per heavy atom. The van der Waals surface area contributed by atoms with Gasteiger partial charge in [-0.05, 0) is 39.8 Å². The van der Waals surface area contributed by atoms with Crippen LogP contribution in [0.2, 0.25) is 0 Å². The van der Waals surface area contributed by atoms with Crippen LogP contribution in [-0.4, -0.2) is 23.5 Å². The molecule has 1 amide bonds. The zero-order chi connectivity index (χ0) is 14.6. The Kier molecular flexibility index (Phi) is 4.53. The van der Waals surface area contributed by atoms with Crippen LogP contribution in [-0.2, 0) is 9.53 Å². The molecule has 1 aromatic rings. The Labute approximate surface area is 113 Å². The number of carbonyl (C=O) groups excluding carboxylic acids is 2. The Balaban J connectivity index is 2.67. The Hall–Kier alpha value is -2.04. The lowest BCUT2D eigenvalue weighted by atomic mass is 10.1. The molecule has 3 N–H and O–H groups in total. The highest BCUT2D eigenvalue weighted by Crippen LogP contribution is 2.11. The largest absolute Gasteiger partial charge is 0.458 e. The number of nitrogens with two attached hydrogens (primary N) is 1. The van der Waals surface area contributed by atoms with Crippen LogP contribution in [0.3, 0.4) is 0 Å². The number of hydrogen-bond donors (Lipinski definition) is 2. The molecular formula is C14H20N2O3. The van der Waals surface area contributed by atoms with Crippen molar-refractivity contribution in [3.63, 3.8) is 0 Å². The number of carbonyl (C=O) groups is 2. The maximum atomic E-state index is 11.9. The van der Waals surface area contributed by atoms with E-state index in [-0.39, 0.29) is 0 Å². The summed E-state index contributed by atoms with van der Waals surface area (Å²) in [7, 11) is 0. The van der Waals surface area contributed by atoms with Gasteiger partial charge in [0.05, 0.1) is 5.56 Å². The highest BCUT2D eigenvalue weighted by molar-refractivity contribution is 6.00. The zero-order valence-electron chi connectivity index (χ0n) is 11.7. The average molecular weight is 264 g/mol. The minimum atomic E-state index is -0.730. The summed E-state index contributed by atoms with van der Waals surface area (Å²) in [6.07, 6.45) is 0. The number of esters is 1. The van der Waals surface area contributed by atoms with Crippen LogP contribution in [0.1, 0.15) is 38.1 Å². The molecule has 1 rings (SSSR count). The second-order valence-electron chi connectivity index (χ2n) is 5.32. The van der Waals surface area contributed by atoms with Crippen LogP contribution < -0.4 is 11.1 Å². The van der Waals surface area contributed by atoms with Crippen LogP contribution in [0.5, 0.6) is 0 Å². The van der Waals surface area contributed by atoms with Crippen molar-refractivity contribution in [2.75, 3.05) is 5.73 Å². The molecule has 5 heteroatoms. The van der Waals surface area contributed by atoms with E-state index in [1.54, 1.807) is 52.0 Å². The van der Waals surface area contributed by atoms with E-state index in [0.29, 0.717) is 11.3 Å². The van der Waals surface area contributed by atoms with Gasteiger partial charge in [0.15, 0.2) is 0 Å². The number of hydrogen-bond acceptors (Lipinski definition) is 4. The quantitative estimate of drug-likeness (QED) is 0.643. The summed E-state index contributed by atoms with van der Waals surface area (Å²) in [6.45, 7) is 6.89. The number of para-hydroxylation sites is 1. The fraction of sp³-hybridized carbons (Fsp3) is 0.429. The third-order valence-electron chi connectivity index (χ3n) is 2.31. The lowest BCUT2D eigenvalue weighted by Crippen LogP contribution is -2.42. The van der Waals surface area contributed by atoms with Crippen LogP contribution in [0.15, 0.2) is 24.3 Å². The normalized spacial score (nSPS) is 12.6. The van der Waals surface area contributed by atoms with Crippen molar-refractivity contribution >= 4 is 17.6 Å². The molecular weight excluding hydrogens is 244 g/mol. The van der Waals surface area contributed by atoms with Gasteiger partial charge in [-0.2, -0.15) is 0 Å². The summed E-state index contributed by atoms with van der Waals surface area (Å²) in [5, 5.41) is 2.57. The van der Waals surface area contributed by atoms with Gasteiger partial charge in [-0.3, -0.25) is 4.79 Å². The molecule has 0 radical (unpaired) electrons. The molecule has 0 fully saturated rings. The Morgan fingerprint density at radius 2 is 1.84 bits per heavy atom. The van der Waals surface area contributed by atoms with Crippen molar-refractivity contribution in [2.24, 2.45) is 0 Å². The van der Waals surface area contributed by atoms with E-state index in [4.69, 9.17) is 10.5 Å². The number of benzene rings is 1. The summed E-state index contributed by atoms with van der Waals surface area (Å²) in [4.78, 5) is 23.7. The predicted molar refractivity (Wildman–Crippen MR) is 73.6 cm³/mol. The van der Waals surface area contributed by atoms with Gasteiger partial charge in [0.1, 0.15) is 11.6 Å². The third-order valence-corrected chi connectivity index (χ3v) is 2.31. The zero-order valence-corrected chi connectivity index (χ0v) is 11.7. The number of rotatable bonds is 3. The molecule has 0 saturated heterocycles. The number of amides is 1. The van der Waals surface area contributed by atoms with Crippen molar-refractivity contribution in [3.8, 4) is 0 Å². The highest BCUT2D eigenvalue weighted by Gasteiger charge is 2.23. The lowest BCUT2D eigenvalue weighted by Gasteiger charge is -2.22. The van der Waals surface area contributed by atoms with Crippen molar-refractivity contribution in [2.45, 2.75) is 39.3 Å². The molecule has 19 heavy (non-hydrogen) atoms. The Bertz CT molecular complexity index is 478. The van der Waals surface area contributed by atoms with Gasteiger partial charge < -0.3 is 15.8 Å². The van der Waals surface area contributed by atoms with Crippen molar-refractivity contribution in [3.05, 3.63) is 29.8 Å². The minimum absolute atomic E-state index is 0.345. The number of ether oxygens (including phenoxy) is 1. The molecule has 0 spiro atoms. The summed E-state index contributed by atoms with van der Waals surface area (Å²) in [5.74, 6) is -0.869. The first-order valence-electron chi connectivity index (χ1n) is 6.09. The molecule has 0 aliphatic carbocycles. The van der Waals surface area contributed by atoms with E-state index in [0.717, 1.165) is 0 Å². The fourth-order valence-electron chi connectivity index (χ4n) is 1.43. The first-order valence-corrected chi connectivity index (χ1v) is 6.09. The summed E-state index contributed by atoms with van der Waals surface area (Å²) >= 11 is 0. The van der Waals surface area contributed by atoms with Gasteiger partial charge >= 0.3 is 5.97 Å². The molecule has 5 nitrogen and oxygen atoms in total. The van der Waals surface area contributed by atoms with E-state index in [9.17, 15) is 9.59 Å². The van der Waals surface area contributed by atoms with Crippen molar-refractivity contribution in [1.29, 1.82) is 0 Å². The first-order chi connectivity index (χ1) is 8.70. The molecule has 1 atom stereocenters. The summed E-state index contributed by atoms with van der Waals surface area (Å²) in [6, 6.07) is 5.96. The van der Waals surface area contributed by atoms with E-state index in [1.165, 1.54) is 0 Å². The number of anilines is 1. The second kappa shape index (κ2) is 5.73. The maximum Gasteiger partial charge on any atom is 0.328 e.